The highest BCUT2D eigenvalue weighted by Crippen LogP contribution is 2.31. The van der Waals surface area contributed by atoms with Crippen LogP contribution in [0.1, 0.15) is 181 Å². The summed E-state index contributed by atoms with van der Waals surface area (Å²) in [4.78, 5) is 14.5. The maximum absolute atomic E-state index is 12.3. The molecule has 2 heteroatoms. The summed E-state index contributed by atoms with van der Waals surface area (Å²) in [5.74, 6) is 0. The Morgan fingerprint density at radius 1 is 0.442 bits per heavy atom. The first-order chi connectivity index (χ1) is 21.1. The molecule has 0 aliphatic carbocycles. The van der Waals surface area contributed by atoms with Crippen molar-refractivity contribution in [1.29, 1.82) is 0 Å². The van der Waals surface area contributed by atoms with Gasteiger partial charge >= 0.3 is 0 Å². The van der Waals surface area contributed by atoms with Gasteiger partial charge in [-0.3, -0.25) is 0 Å². The predicted octanol–water partition coefficient (Wildman–Crippen LogP) is 13.1. The van der Waals surface area contributed by atoms with E-state index in [2.05, 4.69) is 81.5 Å². The van der Waals surface area contributed by atoms with Crippen molar-refractivity contribution < 1.29 is 4.79 Å². The average Bonchev–Trinajstić information content (AvgIpc) is 3.00. The third-order valence-electron chi connectivity index (χ3n) is 8.63. The van der Waals surface area contributed by atoms with Gasteiger partial charge in [0.2, 0.25) is 0 Å². The first-order valence-corrected chi connectivity index (χ1v) is 18.8. The molecule has 0 amide bonds. The van der Waals surface area contributed by atoms with E-state index in [1.807, 2.05) is 0 Å². The average molecular weight is 598 g/mol. The number of rotatable bonds is 33. The first kappa shape index (κ1) is 41.6. The van der Waals surface area contributed by atoms with Crippen LogP contribution in [0.2, 0.25) is 0 Å². The quantitative estimate of drug-likeness (QED) is 0.0426. The lowest BCUT2D eigenvalue weighted by Gasteiger charge is -2.31. The lowest BCUT2D eigenvalue weighted by Crippen LogP contribution is -2.35. The van der Waals surface area contributed by atoms with Crippen molar-refractivity contribution in [1.82, 2.24) is 4.90 Å². The summed E-state index contributed by atoms with van der Waals surface area (Å²) >= 11 is 0. The Morgan fingerprint density at radius 3 is 1.09 bits per heavy atom. The lowest BCUT2D eigenvalue weighted by molar-refractivity contribution is -0.118. The number of hydrogen-bond donors (Lipinski definition) is 0. The van der Waals surface area contributed by atoms with Gasteiger partial charge in [-0.05, 0) is 91.1 Å². The zero-order valence-corrected chi connectivity index (χ0v) is 29.6. The summed E-state index contributed by atoms with van der Waals surface area (Å²) in [6.07, 6.45) is 52.7. The Morgan fingerprint density at radius 2 is 0.767 bits per heavy atom. The molecule has 0 unspecified atom stereocenters. The van der Waals surface area contributed by atoms with Crippen LogP contribution < -0.4 is 0 Å². The van der Waals surface area contributed by atoms with E-state index in [0.717, 1.165) is 32.2 Å². The highest BCUT2D eigenvalue weighted by Gasteiger charge is 2.29. The van der Waals surface area contributed by atoms with Gasteiger partial charge in [-0.15, -0.1) is 0 Å². The van der Waals surface area contributed by atoms with Gasteiger partial charge in [0.15, 0.2) is 0 Å². The molecular weight excluding hydrogens is 522 g/mol. The van der Waals surface area contributed by atoms with Gasteiger partial charge in [0.25, 0.3) is 0 Å². The van der Waals surface area contributed by atoms with E-state index in [1.54, 1.807) is 0 Å². The minimum atomic E-state index is -0.145. The van der Waals surface area contributed by atoms with Gasteiger partial charge in [0.05, 0.1) is 0 Å². The number of hydrogen-bond acceptors (Lipinski definition) is 2. The van der Waals surface area contributed by atoms with Crippen LogP contribution >= 0.6 is 0 Å². The van der Waals surface area contributed by atoms with E-state index in [9.17, 15) is 4.79 Å². The summed E-state index contributed by atoms with van der Waals surface area (Å²) in [7, 11) is 4.24. The number of nitrogens with zero attached hydrogens (tertiary/aromatic N) is 1. The van der Waals surface area contributed by atoms with E-state index >= 15 is 0 Å². The molecule has 0 saturated carbocycles. The van der Waals surface area contributed by atoms with Crippen LogP contribution in [-0.4, -0.2) is 31.8 Å². The van der Waals surface area contributed by atoms with Crippen LogP contribution in [0.5, 0.6) is 0 Å². The van der Waals surface area contributed by atoms with Crippen molar-refractivity contribution >= 4 is 6.29 Å². The lowest BCUT2D eigenvalue weighted by atomic mass is 9.78. The predicted molar refractivity (Wildman–Crippen MR) is 195 cm³/mol. The van der Waals surface area contributed by atoms with Crippen LogP contribution in [0, 0.1) is 5.41 Å². The van der Waals surface area contributed by atoms with Gasteiger partial charge in [0.1, 0.15) is 6.29 Å². The van der Waals surface area contributed by atoms with Crippen LogP contribution in [0.15, 0.2) is 48.6 Å². The molecule has 0 atom stereocenters. The Balaban J connectivity index is 3.90. The summed E-state index contributed by atoms with van der Waals surface area (Å²) in [5, 5.41) is 0. The highest BCUT2D eigenvalue weighted by atomic mass is 16.1. The van der Waals surface area contributed by atoms with Gasteiger partial charge in [0, 0.05) is 12.0 Å². The fourth-order valence-corrected chi connectivity index (χ4v) is 6.00. The second-order valence-corrected chi connectivity index (χ2v) is 13.4. The highest BCUT2D eigenvalue weighted by molar-refractivity contribution is 5.59. The van der Waals surface area contributed by atoms with Crippen molar-refractivity contribution in [2.45, 2.75) is 181 Å². The minimum Gasteiger partial charge on any atom is -0.308 e. The fourth-order valence-electron chi connectivity index (χ4n) is 6.00. The second kappa shape index (κ2) is 33.5. The van der Waals surface area contributed by atoms with Gasteiger partial charge in [-0.2, -0.15) is 0 Å². The SMILES string of the molecule is CCCCC/C=C\C/C=C\CCCCCCCCC(C=O)(CCCCCCCC/C=C\C/C=C\CCCCC)CN(C)C. The Labute approximate surface area is 270 Å². The molecule has 0 aromatic rings. The van der Waals surface area contributed by atoms with Gasteiger partial charge in [-0.25, -0.2) is 0 Å². The second-order valence-electron chi connectivity index (χ2n) is 13.4. The Hall–Kier alpha value is -1.41. The van der Waals surface area contributed by atoms with Gasteiger partial charge in [-0.1, -0.05) is 152 Å². The zero-order valence-electron chi connectivity index (χ0n) is 29.6. The normalized spacial score (nSPS) is 12.8. The molecular formula is C41H75NO. The zero-order chi connectivity index (χ0) is 31.5. The topological polar surface area (TPSA) is 20.3 Å². The monoisotopic (exact) mass is 598 g/mol. The van der Waals surface area contributed by atoms with Crippen LogP contribution in [0.25, 0.3) is 0 Å². The molecule has 43 heavy (non-hydrogen) atoms. The number of carbonyl (C=O) groups excluding carboxylic acids is 1. The van der Waals surface area contributed by atoms with Crippen LogP contribution in [-0.2, 0) is 4.79 Å². The molecule has 0 aliphatic rings. The molecule has 0 rings (SSSR count). The molecule has 0 saturated heterocycles. The molecule has 250 valence electrons. The number of carbonyl (C=O) groups is 1. The van der Waals surface area contributed by atoms with Gasteiger partial charge < -0.3 is 9.69 Å². The Kier molecular flexibility index (Phi) is 32.4. The smallest absolute Gasteiger partial charge is 0.127 e. The molecule has 0 bridgehead atoms. The van der Waals surface area contributed by atoms with E-state index in [1.165, 1.54) is 148 Å². The number of aldehydes is 1. The van der Waals surface area contributed by atoms with E-state index in [0.29, 0.717) is 0 Å². The maximum atomic E-state index is 12.3. The molecule has 2 nitrogen and oxygen atoms in total. The molecule has 0 heterocycles. The van der Waals surface area contributed by atoms with E-state index in [-0.39, 0.29) is 5.41 Å². The molecule has 0 aliphatic heterocycles. The van der Waals surface area contributed by atoms with Crippen molar-refractivity contribution in [3.8, 4) is 0 Å². The first-order valence-electron chi connectivity index (χ1n) is 18.8. The van der Waals surface area contributed by atoms with E-state index < -0.39 is 0 Å². The fraction of sp³-hybridized carbons (Fsp3) is 0.780. The van der Waals surface area contributed by atoms with Crippen molar-refractivity contribution in [3.05, 3.63) is 48.6 Å². The molecule has 0 fully saturated rings. The minimum absolute atomic E-state index is 0.145. The molecule has 0 aromatic carbocycles. The molecule has 0 radical (unpaired) electrons. The van der Waals surface area contributed by atoms with Crippen molar-refractivity contribution in [2.75, 3.05) is 20.6 Å². The van der Waals surface area contributed by atoms with Crippen molar-refractivity contribution in [3.63, 3.8) is 0 Å². The largest absolute Gasteiger partial charge is 0.308 e. The number of unbranched alkanes of at least 4 members (excludes halogenated alkanes) is 18. The van der Waals surface area contributed by atoms with Crippen LogP contribution in [0.3, 0.4) is 0 Å². The summed E-state index contributed by atoms with van der Waals surface area (Å²) < 4.78 is 0. The molecule has 0 spiro atoms. The third kappa shape index (κ3) is 30.4. The summed E-state index contributed by atoms with van der Waals surface area (Å²) in [6, 6.07) is 0. The van der Waals surface area contributed by atoms with Crippen LogP contribution in [0.4, 0.5) is 0 Å². The molecule has 0 N–H and O–H groups in total. The Bertz CT molecular complexity index is 638. The maximum Gasteiger partial charge on any atom is 0.127 e. The summed E-state index contributed by atoms with van der Waals surface area (Å²) in [5.41, 5.74) is -0.145. The van der Waals surface area contributed by atoms with Crippen molar-refractivity contribution in [2.24, 2.45) is 5.41 Å². The molecule has 0 aromatic heterocycles. The van der Waals surface area contributed by atoms with E-state index in [4.69, 9.17) is 0 Å². The standard InChI is InChI=1S/C41H75NO/c1-5-7-9-11-13-15-17-19-21-23-25-27-29-31-33-35-37-41(40-43,39-42(3)4)38-36-34-32-30-28-26-24-22-20-18-16-14-12-10-8-6-2/h13-16,19-22,40H,5-12,17-18,23-39H2,1-4H3/b15-13-,16-14-,21-19-,22-20-. The third-order valence-corrected chi connectivity index (χ3v) is 8.63. The number of allylic oxidation sites excluding steroid dienone is 8. The summed E-state index contributed by atoms with van der Waals surface area (Å²) in [6.45, 7) is 5.42.